The van der Waals surface area contributed by atoms with Gasteiger partial charge in [-0.3, -0.25) is 18.6 Å². The van der Waals surface area contributed by atoms with Crippen molar-refractivity contribution in [2.45, 2.75) is 341 Å². The highest BCUT2D eigenvalue weighted by molar-refractivity contribution is 7.47. The minimum absolute atomic E-state index is 0.0440. The molecule has 0 bridgehead atoms. The Morgan fingerprint density at radius 3 is 1.13 bits per heavy atom. The second-order valence-corrected chi connectivity index (χ2v) is 25.1. The predicted octanol–water partition coefficient (Wildman–Crippen LogP) is 20.1. The van der Waals surface area contributed by atoms with Gasteiger partial charge in [-0.15, -0.1) is 0 Å². The lowest BCUT2D eigenvalue weighted by Crippen LogP contribution is -2.47. The molecule has 0 rings (SSSR count). The first-order valence-electron chi connectivity index (χ1n) is 32.7. The third kappa shape index (κ3) is 57.0. The van der Waals surface area contributed by atoms with Crippen molar-refractivity contribution in [3.8, 4) is 0 Å². The van der Waals surface area contributed by atoms with Gasteiger partial charge in [0.2, 0.25) is 5.91 Å². The van der Waals surface area contributed by atoms with Crippen molar-refractivity contribution in [1.29, 1.82) is 0 Å². The number of carbonyl (C=O) groups excluding carboxylic acids is 2. The van der Waals surface area contributed by atoms with Crippen LogP contribution in [0.5, 0.6) is 0 Å². The third-order valence-electron chi connectivity index (χ3n) is 14.9. The number of unbranched alkanes of at least 4 members (excludes halogenated alkanes) is 42. The fourth-order valence-corrected chi connectivity index (χ4v) is 10.6. The number of ether oxygens (including phenoxy) is 1. The molecule has 0 fully saturated rings. The molecule has 3 atom stereocenters. The molecule has 0 radical (unpaired) electrons. The van der Waals surface area contributed by atoms with E-state index in [4.69, 9.17) is 13.8 Å². The molecule has 0 aliphatic heterocycles. The minimum Gasteiger partial charge on any atom is -0.456 e. The van der Waals surface area contributed by atoms with Crippen LogP contribution in [0.15, 0.2) is 24.3 Å². The Bertz CT molecular complexity index is 1340. The van der Waals surface area contributed by atoms with Gasteiger partial charge in [-0.05, 0) is 57.4 Å². The number of phosphoric ester groups is 1. The molecular weight excluding hydrogens is 952 g/mol. The number of amides is 1. The van der Waals surface area contributed by atoms with Crippen molar-refractivity contribution in [2.75, 3.05) is 40.9 Å². The second kappa shape index (κ2) is 55.8. The number of nitrogens with one attached hydrogen (secondary N) is 1. The van der Waals surface area contributed by atoms with Crippen LogP contribution in [-0.2, 0) is 27.9 Å². The van der Waals surface area contributed by atoms with Gasteiger partial charge >= 0.3 is 13.8 Å². The smallest absolute Gasteiger partial charge is 0.456 e. The van der Waals surface area contributed by atoms with Crippen LogP contribution in [0.3, 0.4) is 0 Å². The van der Waals surface area contributed by atoms with E-state index in [9.17, 15) is 19.0 Å². The summed E-state index contributed by atoms with van der Waals surface area (Å²) >= 11 is 0. The van der Waals surface area contributed by atoms with Gasteiger partial charge in [-0.25, -0.2) is 4.57 Å². The summed E-state index contributed by atoms with van der Waals surface area (Å²) in [5.41, 5.74) is 0. The van der Waals surface area contributed by atoms with E-state index in [1.807, 2.05) is 33.3 Å². The molecule has 0 aromatic carbocycles. The zero-order valence-corrected chi connectivity index (χ0v) is 51.7. The number of hydrogen-bond donors (Lipinski definition) is 2. The van der Waals surface area contributed by atoms with E-state index >= 15 is 0 Å². The number of phosphoric acid groups is 1. The van der Waals surface area contributed by atoms with Crippen molar-refractivity contribution in [1.82, 2.24) is 5.32 Å². The number of quaternary nitrogens is 1. The molecule has 444 valence electrons. The van der Waals surface area contributed by atoms with Crippen molar-refractivity contribution in [3.05, 3.63) is 24.3 Å². The highest BCUT2D eigenvalue weighted by atomic mass is 31.2. The molecule has 2 N–H and O–H groups in total. The summed E-state index contributed by atoms with van der Waals surface area (Å²) < 4.78 is 30.7. The molecule has 75 heavy (non-hydrogen) atoms. The SMILES string of the molecule is CCCCCCCC/C=C/CCCCCCCCCCCCCC(=O)OC(/C=C/CCCCCCCCCCC)C(COP(=O)(O)OCC[N+](C)(C)C)NC(=O)CCCCCCCCCCCCCCCCCCC. The largest absolute Gasteiger partial charge is 0.472 e. The van der Waals surface area contributed by atoms with Crippen LogP contribution >= 0.6 is 7.82 Å². The number of likely N-dealkylation sites (N-methyl/N-ethyl adjacent to an activating group) is 1. The normalized spacial score (nSPS) is 13.7. The Morgan fingerprint density at radius 1 is 0.453 bits per heavy atom. The van der Waals surface area contributed by atoms with E-state index < -0.39 is 20.0 Å². The van der Waals surface area contributed by atoms with Crippen LogP contribution in [0, 0.1) is 0 Å². The molecule has 0 aromatic rings. The first-order chi connectivity index (χ1) is 36.4. The van der Waals surface area contributed by atoms with Gasteiger partial charge in [-0.1, -0.05) is 283 Å². The highest BCUT2D eigenvalue weighted by Crippen LogP contribution is 2.43. The summed E-state index contributed by atoms with van der Waals surface area (Å²) in [5, 5.41) is 3.07. The van der Waals surface area contributed by atoms with Crippen molar-refractivity contribution >= 4 is 19.7 Å². The molecule has 0 aromatic heterocycles. The maximum Gasteiger partial charge on any atom is 0.472 e. The maximum atomic E-state index is 13.5. The third-order valence-corrected chi connectivity index (χ3v) is 15.9. The lowest BCUT2D eigenvalue weighted by atomic mass is 10.0. The number of esters is 1. The van der Waals surface area contributed by atoms with Crippen LogP contribution in [0.2, 0.25) is 0 Å². The first kappa shape index (κ1) is 73.5. The highest BCUT2D eigenvalue weighted by Gasteiger charge is 2.30. The molecule has 9 nitrogen and oxygen atoms in total. The van der Waals surface area contributed by atoms with E-state index in [0.717, 1.165) is 57.8 Å². The van der Waals surface area contributed by atoms with Crippen LogP contribution in [0.25, 0.3) is 0 Å². The lowest BCUT2D eigenvalue weighted by molar-refractivity contribution is -0.870. The molecule has 0 saturated heterocycles. The summed E-state index contributed by atoms with van der Waals surface area (Å²) in [5.74, 6) is -0.488. The molecule has 0 aliphatic rings. The molecule has 1 amide bonds. The van der Waals surface area contributed by atoms with Gasteiger partial charge in [-0.2, -0.15) is 0 Å². The lowest BCUT2D eigenvalue weighted by Gasteiger charge is -2.27. The zero-order chi connectivity index (χ0) is 55.0. The molecular formula is C65H128N2O7P+. The summed E-state index contributed by atoms with van der Waals surface area (Å²) in [6, 6.07) is -0.842. The van der Waals surface area contributed by atoms with Gasteiger partial charge in [0.05, 0.1) is 33.8 Å². The quantitative estimate of drug-likeness (QED) is 0.0205. The first-order valence-corrected chi connectivity index (χ1v) is 34.2. The Balaban J connectivity index is 5.11. The monoisotopic (exact) mass is 1080 g/mol. The molecule has 0 heterocycles. The Labute approximate surface area is 466 Å². The second-order valence-electron chi connectivity index (χ2n) is 23.6. The fraction of sp³-hybridized carbons (Fsp3) is 0.908. The van der Waals surface area contributed by atoms with E-state index in [2.05, 4.69) is 38.2 Å². The minimum atomic E-state index is -4.44. The molecule has 0 spiro atoms. The molecule has 0 saturated carbocycles. The Kier molecular flexibility index (Phi) is 54.7. The summed E-state index contributed by atoms with van der Waals surface area (Å²) in [7, 11) is 1.51. The topological polar surface area (TPSA) is 111 Å². The van der Waals surface area contributed by atoms with Crippen molar-refractivity contribution in [2.24, 2.45) is 0 Å². The van der Waals surface area contributed by atoms with E-state index in [0.29, 0.717) is 23.9 Å². The zero-order valence-electron chi connectivity index (χ0n) is 50.8. The molecule has 3 unspecified atom stereocenters. The summed E-state index contributed by atoms with van der Waals surface area (Å²) in [4.78, 5) is 37.7. The van der Waals surface area contributed by atoms with Crippen LogP contribution < -0.4 is 5.32 Å². The van der Waals surface area contributed by atoms with Crippen molar-refractivity contribution < 1.29 is 37.3 Å². The van der Waals surface area contributed by atoms with E-state index in [1.54, 1.807) is 0 Å². The average molecular weight is 1080 g/mol. The van der Waals surface area contributed by atoms with Gasteiger partial charge in [0, 0.05) is 12.8 Å². The summed E-state index contributed by atoms with van der Waals surface area (Å²) in [6.45, 7) is 7.05. The number of allylic oxidation sites excluding steroid dienone is 3. The number of carbonyl (C=O) groups is 2. The Morgan fingerprint density at radius 2 is 0.773 bits per heavy atom. The van der Waals surface area contributed by atoms with Crippen LogP contribution in [0.4, 0.5) is 0 Å². The number of nitrogens with zero attached hydrogens (tertiary/aromatic N) is 1. The van der Waals surface area contributed by atoms with Crippen LogP contribution in [-0.4, -0.2) is 74.3 Å². The molecule has 10 heteroatoms. The predicted molar refractivity (Wildman–Crippen MR) is 323 cm³/mol. The van der Waals surface area contributed by atoms with E-state index in [-0.39, 0.29) is 25.1 Å². The Hall–Kier alpha value is -1.51. The van der Waals surface area contributed by atoms with Crippen LogP contribution in [0.1, 0.15) is 329 Å². The van der Waals surface area contributed by atoms with Gasteiger partial charge in [0.15, 0.2) is 0 Å². The van der Waals surface area contributed by atoms with Gasteiger partial charge in [0.25, 0.3) is 0 Å². The average Bonchev–Trinajstić information content (AvgIpc) is 3.37. The van der Waals surface area contributed by atoms with Gasteiger partial charge < -0.3 is 19.4 Å². The molecule has 0 aliphatic carbocycles. The standard InChI is InChI=1S/C65H127N2O7P/c1-7-10-13-16-19-22-25-27-29-31-32-33-34-36-38-40-43-46-49-52-55-58-65(69)74-63(56-53-50-47-44-41-24-21-18-15-12-9-3)62(61-73-75(70,71)72-60-59-67(4,5)6)66-64(68)57-54-51-48-45-42-39-37-35-30-28-26-23-20-17-14-11-8-2/h27,29,53,56,62-63H,7-26,28,30-52,54-55,57-61H2,1-6H3,(H-,66,68,70,71)/p+1/b29-27+,56-53+. The fourth-order valence-electron chi connectivity index (χ4n) is 9.82. The summed E-state index contributed by atoms with van der Waals surface area (Å²) in [6.07, 6.45) is 66.0. The van der Waals surface area contributed by atoms with E-state index in [1.165, 1.54) is 238 Å². The number of hydrogen-bond acceptors (Lipinski definition) is 6. The number of rotatable bonds is 60. The van der Waals surface area contributed by atoms with Crippen molar-refractivity contribution in [3.63, 3.8) is 0 Å². The van der Waals surface area contributed by atoms with Gasteiger partial charge in [0.1, 0.15) is 19.3 Å². The maximum absolute atomic E-state index is 13.5.